The van der Waals surface area contributed by atoms with Crippen molar-refractivity contribution in [3.63, 3.8) is 0 Å². The molecule has 82 valence electrons. The van der Waals surface area contributed by atoms with E-state index in [-0.39, 0.29) is 6.17 Å². The first-order valence-corrected chi connectivity index (χ1v) is 5.11. The van der Waals surface area contributed by atoms with Crippen molar-refractivity contribution in [2.45, 2.75) is 39.8 Å². The third-order valence-electron chi connectivity index (χ3n) is 1.49. The predicted octanol–water partition coefficient (Wildman–Crippen LogP) is 0.411. The second-order valence-electron chi connectivity index (χ2n) is 2.76. The quantitative estimate of drug-likeness (QED) is 0.278. The van der Waals surface area contributed by atoms with Crippen LogP contribution in [-0.4, -0.2) is 26.3 Å². The normalized spacial score (nSPS) is 11.8. The molecule has 0 fully saturated rings. The molecule has 1 atom stereocenters. The van der Waals surface area contributed by atoms with E-state index in [1.54, 1.807) is 0 Å². The SMILES string of the molecule is CCC(N)NC.CCCNNCC. The van der Waals surface area contributed by atoms with Gasteiger partial charge in [0.15, 0.2) is 0 Å². The maximum absolute atomic E-state index is 5.36. The Kier molecular flexibility index (Phi) is 16.9. The minimum Gasteiger partial charge on any atom is -0.316 e. The summed E-state index contributed by atoms with van der Waals surface area (Å²) in [6, 6.07) is 0. The van der Waals surface area contributed by atoms with E-state index in [1.807, 2.05) is 14.0 Å². The zero-order chi connectivity index (χ0) is 10.5. The lowest BCUT2D eigenvalue weighted by molar-refractivity contribution is 0.548. The van der Waals surface area contributed by atoms with Crippen molar-refractivity contribution in [3.05, 3.63) is 0 Å². The first kappa shape index (κ1) is 15.3. The van der Waals surface area contributed by atoms with Crippen molar-refractivity contribution < 1.29 is 0 Å². The standard InChI is InChI=1S/C5H14N2.C4H12N2/c1-3-5-7-6-4-2;1-3-4(5)6-2/h6-7H,3-5H2,1-2H3;4,6H,3,5H2,1-2H3. The molecule has 0 aliphatic carbocycles. The number of hydrazine groups is 1. The Bertz CT molecular complexity index is 70.0. The molecule has 0 saturated heterocycles. The lowest BCUT2D eigenvalue weighted by atomic mass is 10.4. The first-order valence-electron chi connectivity index (χ1n) is 5.11. The second-order valence-corrected chi connectivity index (χ2v) is 2.76. The highest BCUT2D eigenvalue weighted by atomic mass is 15.3. The molecule has 0 aromatic heterocycles. The molecule has 0 aliphatic heterocycles. The van der Waals surface area contributed by atoms with E-state index in [4.69, 9.17) is 5.73 Å². The highest BCUT2D eigenvalue weighted by molar-refractivity contribution is 4.46. The molecule has 0 aliphatic rings. The predicted molar refractivity (Wildman–Crippen MR) is 59.3 cm³/mol. The number of nitrogens with one attached hydrogen (secondary N) is 3. The van der Waals surface area contributed by atoms with Gasteiger partial charge in [0.1, 0.15) is 0 Å². The fraction of sp³-hybridized carbons (Fsp3) is 1.00. The largest absolute Gasteiger partial charge is 0.316 e. The van der Waals surface area contributed by atoms with Gasteiger partial charge in [-0.1, -0.05) is 20.8 Å². The first-order chi connectivity index (χ1) is 6.22. The third-order valence-corrected chi connectivity index (χ3v) is 1.49. The van der Waals surface area contributed by atoms with Crippen molar-refractivity contribution in [2.75, 3.05) is 20.1 Å². The third kappa shape index (κ3) is 18.7. The zero-order valence-electron chi connectivity index (χ0n) is 9.48. The van der Waals surface area contributed by atoms with Gasteiger partial charge in [0.05, 0.1) is 6.17 Å². The van der Waals surface area contributed by atoms with Crippen LogP contribution in [0.5, 0.6) is 0 Å². The number of hydrogen-bond acceptors (Lipinski definition) is 4. The summed E-state index contributed by atoms with van der Waals surface area (Å²) in [5, 5.41) is 2.89. The molecule has 4 heteroatoms. The summed E-state index contributed by atoms with van der Waals surface area (Å²) < 4.78 is 0. The van der Waals surface area contributed by atoms with E-state index < -0.39 is 0 Å². The van der Waals surface area contributed by atoms with E-state index in [0.717, 1.165) is 19.5 Å². The number of nitrogens with two attached hydrogens (primary N) is 1. The highest BCUT2D eigenvalue weighted by Crippen LogP contribution is 1.73. The van der Waals surface area contributed by atoms with Crippen molar-refractivity contribution >= 4 is 0 Å². The Morgan fingerprint density at radius 3 is 2.00 bits per heavy atom. The Labute approximate surface area is 82.6 Å². The fourth-order valence-electron chi connectivity index (χ4n) is 0.543. The van der Waals surface area contributed by atoms with Gasteiger partial charge in [-0.25, -0.2) is 0 Å². The summed E-state index contributed by atoms with van der Waals surface area (Å²) in [4.78, 5) is 0. The van der Waals surface area contributed by atoms with Crippen molar-refractivity contribution in [1.29, 1.82) is 0 Å². The summed E-state index contributed by atoms with van der Waals surface area (Å²) in [6.07, 6.45) is 2.37. The molecule has 0 amide bonds. The van der Waals surface area contributed by atoms with Gasteiger partial charge in [0.25, 0.3) is 0 Å². The van der Waals surface area contributed by atoms with E-state index in [2.05, 4.69) is 30.0 Å². The van der Waals surface area contributed by atoms with Crippen molar-refractivity contribution in [2.24, 2.45) is 5.73 Å². The van der Waals surface area contributed by atoms with Crippen LogP contribution in [-0.2, 0) is 0 Å². The lowest BCUT2D eigenvalue weighted by Gasteiger charge is -2.02. The van der Waals surface area contributed by atoms with Crippen LogP contribution in [0.25, 0.3) is 0 Å². The van der Waals surface area contributed by atoms with Crippen LogP contribution in [0.1, 0.15) is 33.6 Å². The van der Waals surface area contributed by atoms with Crippen molar-refractivity contribution in [3.8, 4) is 0 Å². The summed E-state index contributed by atoms with van der Waals surface area (Å²) >= 11 is 0. The average molecular weight is 190 g/mol. The molecule has 0 radical (unpaired) electrons. The minimum atomic E-state index is 0.185. The summed E-state index contributed by atoms with van der Waals surface area (Å²) in [6.45, 7) is 8.32. The van der Waals surface area contributed by atoms with Crippen LogP contribution in [0.4, 0.5) is 0 Å². The Morgan fingerprint density at radius 2 is 1.77 bits per heavy atom. The van der Waals surface area contributed by atoms with Crippen LogP contribution in [0.3, 0.4) is 0 Å². The Hall–Kier alpha value is -0.160. The summed E-state index contributed by atoms with van der Waals surface area (Å²) in [7, 11) is 1.86. The molecule has 0 heterocycles. The highest BCUT2D eigenvalue weighted by Gasteiger charge is 1.86. The van der Waals surface area contributed by atoms with Gasteiger partial charge in [-0.05, 0) is 19.9 Å². The Balaban J connectivity index is 0. The van der Waals surface area contributed by atoms with E-state index in [9.17, 15) is 0 Å². The molecule has 13 heavy (non-hydrogen) atoms. The maximum atomic E-state index is 5.36. The number of hydrogen-bond donors (Lipinski definition) is 4. The molecule has 0 spiro atoms. The molecular weight excluding hydrogens is 164 g/mol. The second kappa shape index (κ2) is 14.4. The topological polar surface area (TPSA) is 62.1 Å². The van der Waals surface area contributed by atoms with Gasteiger partial charge in [-0.2, -0.15) is 0 Å². The average Bonchev–Trinajstić information content (AvgIpc) is 2.18. The van der Waals surface area contributed by atoms with Gasteiger partial charge in [-0.3, -0.25) is 10.9 Å². The maximum Gasteiger partial charge on any atom is 0.0541 e. The molecule has 5 N–H and O–H groups in total. The van der Waals surface area contributed by atoms with E-state index in [1.165, 1.54) is 6.42 Å². The van der Waals surface area contributed by atoms with Gasteiger partial charge < -0.3 is 11.1 Å². The molecule has 0 aromatic carbocycles. The summed E-state index contributed by atoms with van der Waals surface area (Å²) in [5.74, 6) is 0. The van der Waals surface area contributed by atoms with Crippen LogP contribution in [0.15, 0.2) is 0 Å². The zero-order valence-corrected chi connectivity index (χ0v) is 9.48. The molecule has 4 nitrogen and oxygen atoms in total. The van der Waals surface area contributed by atoms with Crippen LogP contribution >= 0.6 is 0 Å². The molecule has 0 saturated carbocycles. The molecular formula is C9H26N4. The lowest BCUT2D eigenvalue weighted by Crippen LogP contribution is -2.33. The molecule has 0 rings (SSSR count). The van der Waals surface area contributed by atoms with Crippen LogP contribution in [0, 0.1) is 0 Å². The van der Waals surface area contributed by atoms with Gasteiger partial charge >= 0.3 is 0 Å². The van der Waals surface area contributed by atoms with Gasteiger partial charge in [0.2, 0.25) is 0 Å². The molecule has 1 unspecified atom stereocenters. The smallest absolute Gasteiger partial charge is 0.0541 e. The van der Waals surface area contributed by atoms with Gasteiger partial charge in [0, 0.05) is 13.1 Å². The Morgan fingerprint density at radius 1 is 1.15 bits per heavy atom. The fourth-order valence-corrected chi connectivity index (χ4v) is 0.543. The minimum absolute atomic E-state index is 0.185. The summed E-state index contributed by atoms with van der Waals surface area (Å²) in [5.41, 5.74) is 11.4. The van der Waals surface area contributed by atoms with Crippen LogP contribution in [0.2, 0.25) is 0 Å². The molecule has 0 bridgehead atoms. The monoisotopic (exact) mass is 190 g/mol. The van der Waals surface area contributed by atoms with E-state index in [0.29, 0.717) is 0 Å². The van der Waals surface area contributed by atoms with Crippen LogP contribution < -0.4 is 21.9 Å². The van der Waals surface area contributed by atoms with Gasteiger partial charge in [-0.15, -0.1) is 0 Å². The van der Waals surface area contributed by atoms with Crippen molar-refractivity contribution in [1.82, 2.24) is 16.2 Å². The number of rotatable bonds is 6. The van der Waals surface area contributed by atoms with E-state index >= 15 is 0 Å². The molecule has 0 aromatic rings.